The predicted octanol–water partition coefficient (Wildman–Crippen LogP) is 2.34. The molecule has 0 aliphatic rings. The van der Waals surface area contributed by atoms with Crippen molar-refractivity contribution < 1.29 is 0 Å². The Hall–Kier alpha value is -0.0800. The van der Waals surface area contributed by atoms with Crippen LogP contribution in [0.1, 0.15) is 41.0 Å². The van der Waals surface area contributed by atoms with Crippen LogP contribution in [0.4, 0.5) is 0 Å². The molecular formula is C12H28N2. The highest BCUT2D eigenvalue weighted by atomic mass is 15.1. The van der Waals surface area contributed by atoms with E-state index in [1.54, 1.807) is 0 Å². The number of nitrogens with two attached hydrogens (primary N) is 1. The Kier molecular flexibility index (Phi) is 5.68. The molecule has 0 saturated heterocycles. The van der Waals surface area contributed by atoms with Gasteiger partial charge in [-0.1, -0.05) is 27.7 Å². The van der Waals surface area contributed by atoms with Crippen LogP contribution in [0, 0.1) is 11.3 Å². The second-order valence-corrected chi connectivity index (χ2v) is 5.58. The summed E-state index contributed by atoms with van der Waals surface area (Å²) in [6, 6.07) is 0.656. The summed E-state index contributed by atoms with van der Waals surface area (Å²) in [4.78, 5) is 2.43. The maximum Gasteiger partial charge on any atom is 0.00868 e. The molecule has 0 aliphatic carbocycles. The Balaban J connectivity index is 3.90. The van der Waals surface area contributed by atoms with Crippen LogP contribution in [0.2, 0.25) is 0 Å². The molecule has 0 spiro atoms. The zero-order valence-corrected chi connectivity index (χ0v) is 10.8. The first-order valence-electron chi connectivity index (χ1n) is 5.70. The molecule has 0 heterocycles. The molecular weight excluding hydrogens is 172 g/mol. The summed E-state index contributed by atoms with van der Waals surface area (Å²) in [5.41, 5.74) is 5.99. The van der Waals surface area contributed by atoms with Crippen LogP contribution in [0.3, 0.4) is 0 Å². The standard InChI is InChI=1S/C12H28N2/c1-10(2)11(3)14(6)8-7-12(4,5)9-13/h10-11H,7-9,13H2,1-6H3. The van der Waals surface area contributed by atoms with E-state index in [2.05, 4.69) is 46.6 Å². The fourth-order valence-corrected chi connectivity index (χ4v) is 1.29. The van der Waals surface area contributed by atoms with E-state index >= 15 is 0 Å². The van der Waals surface area contributed by atoms with E-state index in [4.69, 9.17) is 5.73 Å². The minimum absolute atomic E-state index is 0.283. The predicted molar refractivity (Wildman–Crippen MR) is 64.4 cm³/mol. The van der Waals surface area contributed by atoms with Gasteiger partial charge in [-0.05, 0) is 44.8 Å². The lowest BCUT2D eigenvalue weighted by Gasteiger charge is -2.31. The van der Waals surface area contributed by atoms with Gasteiger partial charge in [-0.25, -0.2) is 0 Å². The second kappa shape index (κ2) is 5.72. The summed E-state index contributed by atoms with van der Waals surface area (Å²) in [7, 11) is 2.21. The molecule has 0 rings (SSSR count). The molecule has 2 nitrogen and oxygen atoms in total. The molecule has 0 radical (unpaired) electrons. The zero-order valence-electron chi connectivity index (χ0n) is 10.8. The van der Waals surface area contributed by atoms with Crippen LogP contribution >= 0.6 is 0 Å². The summed E-state index contributed by atoms with van der Waals surface area (Å²) < 4.78 is 0. The SMILES string of the molecule is CC(C)C(C)N(C)CCC(C)(C)CN. The number of rotatable bonds is 6. The van der Waals surface area contributed by atoms with E-state index in [1.165, 1.54) is 6.42 Å². The van der Waals surface area contributed by atoms with Crippen LogP contribution in [-0.4, -0.2) is 31.1 Å². The van der Waals surface area contributed by atoms with Crippen molar-refractivity contribution in [1.82, 2.24) is 4.90 Å². The molecule has 0 amide bonds. The Labute approximate surface area is 89.9 Å². The van der Waals surface area contributed by atoms with E-state index < -0.39 is 0 Å². The third-order valence-electron chi connectivity index (χ3n) is 3.35. The van der Waals surface area contributed by atoms with Crippen LogP contribution in [0.5, 0.6) is 0 Å². The van der Waals surface area contributed by atoms with Crippen molar-refractivity contribution >= 4 is 0 Å². The van der Waals surface area contributed by atoms with Crippen molar-refractivity contribution in [3.63, 3.8) is 0 Å². The molecule has 0 bridgehead atoms. The first kappa shape index (κ1) is 13.9. The summed E-state index contributed by atoms with van der Waals surface area (Å²) in [5.74, 6) is 0.723. The highest BCUT2D eigenvalue weighted by Gasteiger charge is 2.19. The largest absolute Gasteiger partial charge is 0.330 e. The lowest BCUT2D eigenvalue weighted by atomic mass is 9.89. The molecule has 2 N–H and O–H groups in total. The Morgan fingerprint density at radius 1 is 1.21 bits per heavy atom. The van der Waals surface area contributed by atoms with Crippen LogP contribution in [-0.2, 0) is 0 Å². The number of hydrogen-bond acceptors (Lipinski definition) is 2. The van der Waals surface area contributed by atoms with E-state index in [9.17, 15) is 0 Å². The minimum Gasteiger partial charge on any atom is -0.330 e. The molecule has 1 unspecified atom stereocenters. The molecule has 0 aromatic rings. The zero-order chi connectivity index (χ0) is 11.4. The molecule has 2 heteroatoms. The molecule has 0 aromatic heterocycles. The van der Waals surface area contributed by atoms with E-state index in [0.717, 1.165) is 19.0 Å². The molecule has 0 fully saturated rings. The third kappa shape index (κ3) is 4.97. The maximum atomic E-state index is 5.71. The average molecular weight is 200 g/mol. The van der Waals surface area contributed by atoms with Crippen molar-refractivity contribution in [2.45, 2.75) is 47.1 Å². The van der Waals surface area contributed by atoms with Crippen molar-refractivity contribution in [2.24, 2.45) is 17.1 Å². The molecule has 1 atom stereocenters. The van der Waals surface area contributed by atoms with E-state index in [1.807, 2.05) is 0 Å². The summed E-state index contributed by atoms with van der Waals surface area (Å²) in [6.07, 6.45) is 1.18. The van der Waals surface area contributed by atoms with Gasteiger partial charge >= 0.3 is 0 Å². The quantitative estimate of drug-likeness (QED) is 0.713. The van der Waals surface area contributed by atoms with Gasteiger partial charge in [0.2, 0.25) is 0 Å². The summed E-state index contributed by atoms with van der Waals surface area (Å²) in [5, 5.41) is 0. The van der Waals surface area contributed by atoms with Crippen molar-refractivity contribution in [2.75, 3.05) is 20.1 Å². The molecule has 0 aromatic carbocycles. The fourth-order valence-electron chi connectivity index (χ4n) is 1.29. The monoisotopic (exact) mass is 200 g/mol. The molecule has 14 heavy (non-hydrogen) atoms. The van der Waals surface area contributed by atoms with Crippen molar-refractivity contribution in [3.05, 3.63) is 0 Å². The second-order valence-electron chi connectivity index (χ2n) is 5.58. The van der Waals surface area contributed by atoms with Crippen molar-refractivity contribution in [3.8, 4) is 0 Å². The minimum atomic E-state index is 0.283. The smallest absolute Gasteiger partial charge is 0.00868 e. The van der Waals surface area contributed by atoms with Gasteiger partial charge in [0, 0.05) is 6.04 Å². The Bertz CT molecular complexity index is 152. The van der Waals surface area contributed by atoms with Gasteiger partial charge in [0.1, 0.15) is 0 Å². The van der Waals surface area contributed by atoms with Gasteiger partial charge in [-0.3, -0.25) is 0 Å². The summed E-state index contributed by atoms with van der Waals surface area (Å²) >= 11 is 0. The number of nitrogens with zero attached hydrogens (tertiary/aromatic N) is 1. The lowest BCUT2D eigenvalue weighted by Crippen LogP contribution is -2.37. The van der Waals surface area contributed by atoms with Crippen LogP contribution < -0.4 is 5.73 Å². The first-order chi connectivity index (χ1) is 6.30. The lowest BCUT2D eigenvalue weighted by molar-refractivity contribution is 0.178. The first-order valence-corrected chi connectivity index (χ1v) is 5.70. The van der Waals surface area contributed by atoms with Gasteiger partial charge in [0.25, 0.3) is 0 Å². The molecule has 0 aliphatic heterocycles. The van der Waals surface area contributed by atoms with E-state index in [-0.39, 0.29) is 5.41 Å². The van der Waals surface area contributed by atoms with Gasteiger partial charge in [-0.2, -0.15) is 0 Å². The van der Waals surface area contributed by atoms with Crippen molar-refractivity contribution in [1.29, 1.82) is 0 Å². The fraction of sp³-hybridized carbons (Fsp3) is 1.00. The Morgan fingerprint density at radius 2 is 1.71 bits per heavy atom. The van der Waals surface area contributed by atoms with Gasteiger partial charge in [0.15, 0.2) is 0 Å². The topological polar surface area (TPSA) is 29.3 Å². The average Bonchev–Trinajstić information content (AvgIpc) is 2.13. The molecule has 86 valence electrons. The van der Waals surface area contributed by atoms with Gasteiger partial charge in [0.05, 0.1) is 0 Å². The van der Waals surface area contributed by atoms with Crippen LogP contribution in [0.15, 0.2) is 0 Å². The molecule has 0 saturated carbocycles. The van der Waals surface area contributed by atoms with Crippen LogP contribution in [0.25, 0.3) is 0 Å². The van der Waals surface area contributed by atoms with Gasteiger partial charge in [-0.15, -0.1) is 0 Å². The van der Waals surface area contributed by atoms with Gasteiger partial charge < -0.3 is 10.6 Å². The third-order valence-corrected chi connectivity index (χ3v) is 3.35. The summed E-state index contributed by atoms with van der Waals surface area (Å²) in [6.45, 7) is 13.2. The maximum absolute atomic E-state index is 5.71. The normalized spacial score (nSPS) is 15.2. The highest BCUT2D eigenvalue weighted by Crippen LogP contribution is 2.19. The highest BCUT2D eigenvalue weighted by molar-refractivity contribution is 4.73. The Morgan fingerprint density at radius 3 is 2.07 bits per heavy atom. The number of hydrogen-bond donors (Lipinski definition) is 1. The van der Waals surface area contributed by atoms with E-state index in [0.29, 0.717) is 6.04 Å².